The van der Waals surface area contributed by atoms with E-state index in [1.807, 2.05) is 6.07 Å². The fourth-order valence-electron chi connectivity index (χ4n) is 2.35. The third kappa shape index (κ3) is 2.61. The lowest BCUT2D eigenvalue weighted by Gasteiger charge is -2.36. The summed E-state index contributed by atoms with van der Waals surface area (Å²) < 4.78 is 5.38. The van der Waals surface area contributed by atoms with Gasteiger partial charge >= 0.3 is 0 Å². The SMILES string of the molecule is C[C@@H](N)[C@H](c1ccccc1)N1CCOCC1. The van der Waals surface area contributed by atoms with Crippen molar-refractivity contribution in [3.05, 3.63) is 35.9 Å². The van der Waals surface area contributed by atoms with Crippen LogP contribution >= 0.6 is 0 Å². The van der Waals surface area contributed by atoms with Crippen molar-refractivity contribution in [2.75, 3.05) is 26.3 Å². The molecule has 2 rings (SSSR count). The van der Waals surface area contributed by atoms with Gasteiger partial charge in [0.2, 0.25) is 0 Å². The van der Waals surface area contributed by atoms with Crippen LogP contribution in [0.3, 0.4) is 0 Å². The van der Waals surface area contributed by atoms with Crippen LogP contribution in [0.25, 0.3) is 0 Å². The Balaban J connectivity index is 2.16. The van der Waals surface area contributed by atoms with Crippen molar-refractivity contribution >= 4 is 0 Å². The van der Waals surface area contributed by atoms with Crippen molar-refractivity contribution in [2.45, 2.75) is 19.0 Å². The van der Waals surface area contributed by atoms with Gasteiger partial charge in [0.05, 0.1) is 13.2 Å². The molecule has 2 N–H and O–H groups in total. The van der Waals surface area contributed by atoms with E-state index in [4.69, 9.17) is 10.5 Å². The highest BCUT2D eigenvalue weighted by Crippen LogP contribution is 2.23. The molecule has 1 heterocycles. The molecule has 0 spiro atoms. The minimum Gasteiger partial charge on any atom is -0.379 e. The number of nitrogens with two attached hydrogens (primary N) is 1. The molecule has 0 bridgehead atoms. The molecule has 1 fully saturated rings. The molecule has 1 aliphatic rings. The number of rotatable bonds is 3. The second-order valence-corrected chi connectivity index (χ2v) is 4.36. The first-order chi connectivity index (χ1) is 7.79. The quantitative estimate of drug-likeness (QED) is 0.837. The van der Waals surface area contributed by atoms with Gasteiger partial charge in [-0.25, -0.2) is 0 Å². The molecule has 16 heavy (non-hydrogen) atoms. The summed E-state index contributed by atoms with van der Waals surface area (Å²) in [6.45, 7) is 5.65. The van der Waals surface area contributed by atoms with Gasteiger partial charge in [0.15, 0.2) is 0 Å². The molecule has 0 unspecified atom stereocenters. The Kier molecular flexibility index (Phi) is 3.93. The lowest BCUT2D eigenvalue weighted by molar-refractivity contribution is 0.0116. The molecule has 0 amide bonds. The van der Waals surface area contributed by atoms with Gasteiger partial charge in [0.1, 0.15) is 0 Å². The fraction of sp³-hybridized carbons (Fsp3) is 0.538. The zero-order valence-electron chi connectivity index (χ0n) is 9.80. The monoisotopic (exact) mass is 220 g/mol. The molecular formula is C13H20N2O. The summed E-state index contributed by atoms with van der Waals surface area (Å²) in [4.78, 5) is 2.42. The van der Waals surface area contributed by atoms with Crippen LogP contribution in [0.2, 0.25) is 0 Å². The van der Waals surface area contributed by atoms with Gasteiger partial charge in [0, 0.05) is 25.2 Å². The maximum atomic E-state index is 6.12. The van der Waals surface area contributed by atoms with Crippen LogP contribution in [0.5, 0.6) is 0 Å². The standard InChI is InChI=1S/C13H20N2O/c1-11(14)13(12-5-3-2-4-6-12)15-7-9-16-10-8-15/h2-6,11,13H,7-10,14H2,1H3/t11-,13-/m1/s1. The highest BCUT2D eigenvalue weighted by Gasteiger charge is 2.25. The van der Waals surface area contributed by atoms with E-state index >= 15 is 0 Å². The number of hydrogen-bond donors (Lipinski definition) is 1. The van der Waals surface area contributed by atoms with Crippen LogP contribution in [-0.4, -0.2) is 37.2 Å². The average Bonchev–Trinajstić information content (AvgIpc) is 2.31. The van der Waals surface area contributed by atoms with Crippen molar-refractivity contribution in [1.29, 1.82) is 0 Å². The summed E-state index contributed by atoms with van der Waals surface area (Å²) in [7, 11) is 0. The maximum Gasteiger partial charge on any atom is 0.0594 e. The van der Waals surface area contributed by atoms with E-state index in [0.717, 1.165) is 26.3 Å². The second-order valence-electron chi connectivity index (χ2n) is 4.36. The van der Waals surface area contributed by atoms with Gasteiger partial charge in [-0.3, -0.25) is 4.90 Å². The Morgan fingerprint density at radius 1 is 1.19 bits per heavy atom. The van der Waals surface area contributed by atoms with Crippen molar-refractivity contribution in [1.82, 2.24) is 4.90 Å². The highest BCUT2D eigenvalue weighted by molar-refractivity contribution is 5.20. The molecule has 88 valence electrons. The van der Waals surface area contributed by atoms with Gasteiger partial charge in [-0.05, 0) is 12.5 Å². The van der Waals surface area contributed by atoms with E-state index in [9.17, 15) is 0 Å². The summed E-state index contributed by atoms with van der Waals surface area (Å²) in [5.74, 6) is 0. The van der Waals surface area contributed by atoms with E-state index in [2.05, 4.69) is 36.1 Å². The molecular weight excluding hydrogens is 200 g/mol. The lowest BCUT2D eigenvalue weighted by atomic mass is 9.99. The van der Waals surface area contributed by atoms with E-state index < -0.39 is 0 Å². The number of morpholine rings is 1. The average molecular weight is 220 g/mol. The topological polar surface area (TPSA) is 38.5 Å². The Morgan fingerprint density at radius 2 is 1.81 bits per heavy atom. The highest BCUT2D eigenvalue weighted by atomic mass is 16.5. The van der Waals surface area contributed by atoms with Crippen LogP contribution in [0.1, 0.15) is 18.5 Å². The van der Waals surface area contributed by atoms with Crippen LogP contribution in [0.15, 0.2) is 30.3 Å². The van der Waals surface area contributed by atoms with Crippen molar-refractivity contribution in [2.24, 2.45) is 5.73 Å². The minimum atomic E-state index is 0.139. The molecule has 0 saturated carbocycles. The summed E-state index contributed by atoms with van der Waals surface area (Å²) in [6.07, 6.45) is 0. The third-order valence-corrected chi connectivity index (χ3v) is 3.08. The molecule has 0 aromatic heterocycles. The largest absolute Gasteiger partial charge is 0.379 e. The zero-order valence-corrected chi connectivity index (χ0v) is 9.80. The van der Waals surface area contributed by atoms with Gasteiger partial charge in [0.25, 0.3) is 0 Å². The van der Waals surface area contributed by atoms with E-state index in [0.29, 0.717) is 6.04 Å². The van der Waals surface area contributed by atoms with Crippen molar-refractivity contribution in [3.63, 3.8) is 0 Å². The van der Waals surface area contributed by atoms with Crippen molar-refractivity contribution in [3.8, 4) is 0 Å². The van der Waals surface area contributed by atoms with Gasteiger partial charge in [-0.15, -0.1) is 0 Å². The molecule has 1 aliphatic heterocycles. The Labute approximate surface area is 97.2 Å². The first-order valence-electron chi connectivity index (χ1n) is 5.91. The summed E-state index contributed by atoms with van der Waals surface area (Å²) in [5.41, 5.74) is 7.42. The Bertz CT molecular complexity index is 307. The fourth-order valence-corrected chi connectivity index (χ4v) is 2.35. The van der Waals surface area contributed by atoms with Gasteiger partial charge < -0.3 is 10.5 Å². The van der Waals surface area contributed by atoms with E-state index in [-0.39, 0.29) is 6.04 Å². The molecule has 1 aromatic carbocycles. The van der Waals surface area contributed by atoms with Crippen LogP contribution in [-0.2, 0) is 4.74 Å². The van der Waals surface area contributed by atoms with E-state index in [1.165, 1.54) is 5.56 Å². The maximum absolute atomic E-state index is 6.12. The molecule has 1 aromatic rings. The first-order valence-corrected chi connectivity index (χ1v) is 5.91. The number of hydrogen-bond acceptors (Lipinski definition) is 3. The van der Waals surface area contributed by atoms with Crippen LogP contribution in [0.4, 0.5) is 0 Å². The number of ether oxygens (including phenoxy) is 1. The molecule has 3 heteroatoms. The minimum absolute atomic E-state index is 0.139. The van der Waals surface area contributed by atoms with E-state index in [1.54, 1.807) is 0 Å². The molecule has 1 saturated heterocycles. The first kappa shape index (κ1) is 11.6. The predicted octanol–water partition coefficient (Wildman–Crippen LogP) is 1.41. The summed E-state index contributed by atoms with van der Waals surface area (Å²) in [6, 6.07) is 11.0. The van der Waals surface area contributed by atoms with Gasteiger partial charge in [-0.1, -0.05) is 30.3 Å². The number of nitrogens with zero attached hydrogens (tertiary/aromatic N) is 1. The molecule has 2 atom stereocenters. The molecule has 3 nitrogen and oxygen atoms in total. The third-order valence-electron chi connectivity index (χ3n) is 3.08. The smallest absolute Gasteiger partial charge is 0.0594 e. The zero-order chi connectivity index (χ0) is 11.4. The molecule has 0 radical (unpaired) electrons. The van der Waals surface area contributed by atoms with Crippen LogP contribution in [0, 0.1) is 0 Å². The van der Waals surface area contributed by atoms with Crippen LogP contribution < -0.4 is 5.73 Å². The summed E-state index contributed by atoms with van der Waals surface area (Å²) >= 11 is 0. The Hall–Kier alpha value is -0.900. The second kappa shape index (κ2) is 5.43. The summed E-state index contributed by atoms with van der Waals surface area (Å²) in [5, 5.41) is 0. The lowest BCUT2D eigenvalue weighted by Crippen LogP contribution is -2.45. The number of benzene rings is 1. The Morgan fingerprint density at radius 3 is 2.38 bits per heavy atom. The normalized spacial score (nSPS) is 21.6. The molecule has 0 aliphatic carbocycles. The van der Waals surface area contributed by atoms with Crippen molar-refractivity contribution < 1.29 is 4.74 Å². The predicted molar refractivity (Wildman–Crippen MR) is 65.2 cm³/mol. The van der Waals surface area contributed by atoms with Gasteiger partial charge in [-0.2, -0.15) is 0 Å².